The van der Waals surface area contributed by atoms with Crippen LogP contribution in [0.1, 0.15) is 18.9 Å². The highest BCUT2D eigenvalue weighted by Crippen LogP contribution is 2.08. The zero-order valence-corrected chi connectivity index (χ0v) is 15.3. The molecule has 0 atom stereocenters. The fraction of sp³-hybridized carbons (Fsp3) is 0.500. The number of primary sulfonamides is 1. The van der Waals surface area contributed by atoms with E-state index in [0.29, 0.717) is 32.7 Å². The van der Waals surface area contributed by atoms with E-state index >= 15 is 0 Å². The zero-order valence-electron chi connectivity index (χ0n) is 14.5. The van der Waals surface area contributed by atoms with Gasteiger partial charge >= 0.3 is 0 Å². The van der Waals surface area contributed by atoms with Crippen molar-refractivity contribution >= 4 is 21.8 Å². The first-order valence-corrected chi connectivity index (χ1v) is 9.41. The van der Waals surface area contributed by atoms with Gasteiger partial charge in [0.25, 0.3) is 0 Å². The fourth-order valence-corrected chi connectivity index (χ4v) is 2.66. The van der Waals surface area contributed by atoms with Crippen LogP contribution in [0, 0.1) is 0 Å². The van der Waals surface area contributed by atoms with E-state index in [2.05, 4.69) is 5.32 Å². The average Bonchev–Trinajstić information content (AvgIpc) is 2.54. The molecule has 0 radical (unpaired) electrons. The van der Waals surface area contributed by atoms with Gasteiger partial charge in [-0.15, -0.1) is 0 Å². The number of hydrogen-bond acceptors (Lipinski definition) is 5. The van der Waals surface area contributed by atoms with Crippen molar-refractivity contribution < 1.29 is 22.7 Å². The third-order valence-electron chi connectivity index (χ3n) is 3.61. The highest BCUT2D eigenvalue weighted by molar-refractivity contribution is 7.89. The zero-order chi connectivity index (χ0) is 18.9. The number of carbonyl (C=O) groups excluding carboxylic acids is 2. The third kappa shape index (κ3) is 8.10. The second-order valence-electron chi connectivity index (χ2n) is 5.54. The van der Waals surface area contributed by atoms with Crippen molar-refractivity contribution in [1.82, 2.24) is 10.2 Å². The summed E-state index contributed by atoms with van der Waals surface area (Å²) in [5.41, 5.74) is 0.887. The number of hydrogen-bond donors (Lipinski definition) is 2. The predicted molar refractivity (Wildman–Crippen MR) is 93.3 cm³/mol. The van der Waals surface area contributed by atoms with Crippen LogP contribution in [0.5, 0.6) is 0 Å². The smallest absolute Gasteiger partial charge is 0.238 e. The van der Waals surface area contributed by atoms with Crippen molar-refractivity contribution in [3.05, 3.63) is 29.8 Å². The van der Waals surface area contributed by atoms with E-state index in [4.69, 9.17) is 9.88 Å². The fourth-order valence-electron chi connectivity index (χ4n) is 2.15. The van der Waals surface area contributed by atoms with Crippen LogP contribution in [0.4, 0.5) is 0 Å². The lowest BCUT2D eigenvalue weighted by Crippen LogP contribution is -2.36. The molecule has 25 heavy (non-hydrogen) atoms. The molecule has 140 valence electrons. The first-order chi connectivity index (χ1) is 11.7. The monoisotopic (exact) mass is 371 g/mol. The van der Waals surface area contributed by atoms with Gasteiger partial charge in [-0.3, -0.25) is 9.59 Å². The molecule has 0 aliphatic heterocycles. The Morgan fingerprint density at radius 1 is 1.20 bits per heavy atom. The molecule has 1 aromatic carbocycles. The minimum Gasteiger partial charge on any atom is -0.383 e. The van der Waals surface area contributed by atoms with Crippen molar-refractivity contribution in [2.24, 2.45) is 5.14 Å². The number of methoxy groups -OCH3 is 1. The summed E-state index contributed by atoms with van der Waals surface area (Å²) in [6.45, 7) is 3.10. The van der Waals surface area contributed by atoms with E-state index in [9.17, 15) is 18.0 Å². The van der Waals surface area contributed by atoms with Crippen LogP contribution < -0.4 is 10.5 Å². The molecule has 9 heteroatoms. The lowest BCUT2D eigenvalue weighted by molar-refractivity contribution is -0.130. The quantitative estimate of drug-likeness (QED) is 0.594. The molecule has 0 aromatic heterocycles. The minimum atomic E-state index is -3.69. The number of sulfonamides is 1. The Morgan fingerprint density at radius 2 is 1.84 bits per heavy atom. The summed E-state index contributed by atoms with van der Waals surface area (Å²) in [5, 5.41) is 7.81. The Kier molecular flexibility index (Phi) is 8.53. The highest BCUT2D eigenvalue weighted by Gasteiger charge is 2.11. The topological polar surface area (TPSA) is 119 Å². The minimum absolute atomic E-state index is 0.0562. The molecule has 2 amide bonds. The van der Waals surface area contributed by atoms with Crippen molar-refractivity contribution in [2.75, 3.05) is 33.4 Å². The van der Waals surface area contributed by atoms with E-state index in [1.165, 1.54) is 19.1 Å². The summed E-state index contributed by atoms with van der Waals surface area (Å²) >= 11 is 0. The van der Waals surface area contributed by atoms with E-state index < -0.39 is 10.0 Å². The Labute approximate surface area is 148 Å². The molecule has 0 saturated heterocycles. The van der Waals surface area contributed by atoms with E-state index in [1.807, 2.05) is 0 Å². The largest absolute Gasteiger partial charge is 0.383 e. The van der Waals surface area contributed by atoms with Crippen LogP contribution >= 0.6 is 0 Å². The number of ether oxygens (including phenoxy) is 1. The molecule has 0 bridgehead atoms. The number of benzene rings is 1. The van der Waals surface area contributed by atoms with Gasteiger partial charge in [-0.2, -0.15) is 0 Å². The Bertz CT molecular complexity index is 674. The SMILES string of the molecule is COCCN(CCC(=O)NCCc1ccc(S(N)(=O)=O)cc1)C(C)=O. The van der Waals surface area contributed by atoms with Gasteiger partial charge in [0.1, 0.15) is 0 Å². The van der Waals surface area contributed by atoms with Gasteiger partial charge in [0.15, 0.2) is 0 Å². The Hall–Kier alpha value is -1.97. The average molecular weight is 371 g/mol. The van der Waals surface area contributed by atoms with Crippen molar-refractivity contribution in [1.29, 1.82) is 0 Å². The second kappa shape index (κ2) is 10.1. The molecule has 0 unspecified atom stereocenters. The maximum atomic E-state index is 11.8. The molecule has 1 aromatic rings. The van der Waals surface area contributed by atoms with Crippen LogP contribution in [0.15, 0.2) is 29.2 Å². The molecule has 0 heterocycles. The molecule has 1 rings (SSSR count). The lowest BCUT2D eigenvalue weighted by Gasteiger charge is -2.20. The molecule has 8 nitrogen and oxygen atoms in total. The van der Waals surface area contributed by atoms with Gasteiger partial charge in [0.2, 0.25) is 21.8 Å². The molecule has 0 spiro atoms. The van der Waals surface area contributed by atoms with Gasteiger partial charge in [0.05, 0.1) is 11.5 Å². The number of nitrogens with one attached hydrogen (secondary N) is 1. The van der Waals surface area contributed by atoms with Crippen LogP contribution in [0.2, 0.25) is 0 Å². The van der Waals surface area contributed by atoms with Crippen molar-refractivity contribution in [3.8, 4) is 0 Å². The summed E-state index contributed by atoms with van der Waals surface area (Å²) in [6.07, 6.45) is 0.782. The number of nitrogens with zero attached hydrogens (tertiary/aromatic N) is 1. The normalized spacial score (nSPS) is 11.2. The van der Waals surface area contributed by atoms with E-state index in [-0.39, 0.29) is 23.1 Å². The molecule has 0 aliphatic carbocycles. The van der Waals surface area contributed by atoms with Crippen LogP contribution in [-0.2, 0) is 30.8 Å². The van der Waals surface area contributed by atoms with Crippen molar-refractivity contribution in [2.45, 2.75) is 24.7 Å². The molecule has 0 saturated carbocycles. The number of rotatable bonds is 10. The van der Waals surface area contributed by atoms with E-state index in [0.717, 1.165) is 5.56 Å². The molecule has 0 fully saturated rings. The summed E-state index contributed by atoms with van der Waals surface area (Å²) in [6, 6.07) is 6.20. The van der Waals surface area contributed by atoms with Gasteiger partial charge in [-0.05, 0) is 24.1 Å². The van der Waals surface area contributed by atoms with Crippen LogP contribution in [0.3, 0.4) is 0 Å². The predicted octanol–water partition coefficient (Wildman–Crippen LogP) is -0.122. The summed E-state index contributed by atoms with van der Waals surface area (Å²) < 4.78 is 27.3. The first kappa shape index (κ1) is 21.1. The standard InChI is InChI=1S/C16H25N3O5S/c1-13(20)19(11-12-24-2)10-8-16(21)18-9-7-14-3-5-15(6-4-14)25(17,22)23/h3-6H,7-12H2,1-2H3,(H,18,21)(H2,17,22,23). The van der Waals surface area contributed by atoms with E-state index in [1.54, 1.807) is 24.1 Å². The number of amides is 2. The molecular formula is C16H25N3O5S. The maximum Gasteiger partial charge on any atom is 0.238 e. The molecular weight excluding hydrogens is 346 g/mol. The highest BCUT2D eigenvalue weighted by atomic mass is 32.2. The molecule has 3 N–H and O–H groups in total. The summed E-state index contributed by atoms with van der Waals surface area (Å²) in [7, 11) is -2.14. The van der Waals surface area contributed by atoms with Gasteiger partial charge in [-0.25, -0.2) is 13.6 Å². The van der Waals surface area contributed by atoms with Gasteiger partial charge < -0.3 is 15.0 Å². The summed E-state index contributed by atoms with van der Waals surface area (Å²) in [5.74, 6) is -0.246. The lowest BCUT2D eigenvalue weighted by atomic mass is 10.1. The molecule has 0 aliphatic rings. The third-order valence-corrected chi connectivity index (χ3v) is 4.54. The second-order valence-corrected chi connectivity index (χ2v) is 7.10. The van der Waals surface area contributed by atoms with Crippen molar-refractivity contribution in [3.63, 3.8) is 0 Å². The first-order valence-electron chi connectivity index (χ1n) is 7.87. The van der Waals surface area contributed by atoms with Gasteiger partial charge in [0, 0.05) is 40.1 Å². The van der Waals surface area contributed by atoms with Crippen LogP contribution in [0.25, 0.3) is 0 Å². The summed E-state index contributed by atoms with van der Waals surface area (Å²) in [4.78, 5) is 24.9. The van der Waals surface area contributed by atoms with Crippen LogP contribution in [-0.4, -0.2) is 58.5 Å². The maximum absolute atomic E-state index is 11.8. The Morgan fingerprint density at radius 3 is 2.36 bits per heavy atom. The Balaban J connectivity index is 2.35. The van der Waals surface area contributed by atoms with Gasteiger partial charge in [-0.1, -0.05) is 12.1 Å². The number of carbonyl (C=O) groups is 2. The number of nitrogens with two attached hydrogens (primary N) is 1.